The first-order valence-electron chi connectivity index (χ1n) is 18.1. The summed E-state index contributed by atoms with van der Waals surface area (Å²) in [6, 6.07) is 7.98. The van der Waals surface area contributed by atoms with Crippen LogP contribution in [0.4, 0.5) is 10.6 Å². The Morgan fingerprint density at radius 2 is 1.73 bits per heavy atom. The van der Waals surface area contributed by atoms with Gasteiger partial charge in [-0.25, -0.2) is 14.8 Å². The summed E-state index contributed by atoms with van der Waals surface area (Å²) >= 11 is 0. The van der Waals surface area contributed by atoms with Gasteiger partial charge in [-0.15, -0.1) is 0 Å². The molecule has 0 bridgehead atoms. The van der Waals surface area contributed by atoms with Crippen LogP contribution >= 0.6 is 0 Å². The summed E-state index contributed by atoms with van der Waals surface area (Å²) in [5, 5.41) is 12.7. The highest BCUT2D eigenvalue weighted by Gasteiger charge is 2.35. The number of aryl methyl sites for hydroxylation is 1. The van der Waals surface area contributed by atoms with Gasteiger partial charge >= 0.3 is 6.09 Å². The molecule has 0 radical (unpaired) electrons. The van der Waals surface area contributed by atoms with Gasteiger partial charge in [-0.2, -0.15) is 0 Å². The third kappa shape index (κ3) is 8.79. The normalized spacial score (nSPS) is 23.1. The Hall–Kier alpha value is -3.99. The minimum absolute atomic E-state index is 0.0424. The van der Waals surface area contributed by atoms with Gasteiger partial charge in [-0.1, -0.05) is 13.8 Å². The summed E-state index contributed by atoms with van der Waals surface area (Å²) in [4.78, 5) is 42.9. The first-order chi connectivity index (χ1) is 23.7. The molecule has 0 spiro atoms. The highest BCUT2D eigenvalue weighted by molar-refractivity contribution is 5.94. The maximum Gasteiger partial charge on any atom is 0.407 e. The van der Waals surface area contributed by atoms with Crippen LogP contribution < -0.4 is 15.0 Å². The van der Waals surface area contributed by atoms with Crippen LogP contribution in [0.25, 0.3) is 11.3 Å². The predicted molar refractivity (Wildman–Crippen MR) is 185 cm³/mol. The Bertz CT molecular complexity index is 1570. The number of rotatable bonds is 12. The Morgan fingerprint density at radius 1 is 1.00 bits per heavy atom. The van der Waals surface area contributed by atoms with Crippen molar-refractivity contribution in [3.8, 4) is 17.0 Å². The number of oxazole rings is 1. The van der Waals surface area contributed by atoms with Crippen molar-refractivity contribution in [1.29, 1.82) is 0 Å². The second-order valence-corrected chi connectivity index (χ2v) is 14.5. The van der Waals surface area contributed by atoms with E-state index in [-0.39, 0.29) is 30.4 Å². The predicted octanol–water partition coefficient (Wildman–Crippen LogP) is 6.93. The molecule has 2 amide bonds. The number of alkyl carbamates (subject to hydrolysis) is 1. The highest BCUT2D eigenvalue weighted by Crippen LogP contribution is 2.41. The van der Waals surface area contributed by atoms with Gasteiger partial charge in [0.05, 0.1) is 18.9 Å². The fourth-order valence-electron chi connectivity index (χ4n) is 7.13. The number of methoxy groups -OCH3 is 1. The topological polar surface area (TPSA) is 140 Å². The lowest BCUT2D eigenvalue weighted by Crippen LogP contribution is -2.43. The van der Waals surface area contributed by atoms with E-state index in [0.717, 1.165) is 72.8 Å². The minimum atomic E-state index is -0.623. The molecule has 3 fully saturated rings. The highest BCUT2D eigenvalue weighted by atomic mass is 16.6. The Balaban J connectivity index is 1.12. The monoisotopic (exact) mass is 673 g/mol. The van der Waals surface area contributed by atoms with Gasteiger partial charge in [0.25, 0.3) is 0 Å². The molecule has 6 rings (SSSR count). The summed E-state index contributed by atoms with van der Waals surface area (Å²) in [7, 11) is 1.67. The number of aliphatic hydroxyl groups excluding tert-OH is 1. The molecule has 1 atom stereocenters. The standard InChI is InChI=1S/C38H51N5O6/c1-23(2)33(44)20-40-38(46)49-30-13-11-28(12-14-30)37(45)43(35-19-29(17-18-39-35)32-22-48-36(42-32)27-9-10-27)21-25-5-7-26(8-6-25)31-15-16-34(47-4)24(3)41-31/h15-19,22-23,25-28,30,33,44H,5-14,20-21H2,1-4H3,(H,40,46). The van der Waals surface area contributed by atoms with Crippen LogP contribution in [-0.2, 0) is 9.53 Å². The zero-order valence-corrected chi connectivity index (χ0v) is 29.3. The summed E-state index contributed by atoms with van der Waals surface area (Å²) < 4.78 is 16.8. The smallest absolute Gasteiger partial charge is 0.407 e. The van der Waals surface area contributed by atoms with Gasteiger partial charge in [-0.3, -0.25) is 14.7 Å². The third-order valence-electron chi connectivity index (χ3n) is 10.5. The van der Waals surface area contributed by atoms with Crippen LogP contribution in [0.3, 0.4) is 0 Å². The molecule has 3 aliphatic carbocycles. The molecule has 3 saturated carbocycles. The summed E-state index contributed by atoms with van der Waals surface area (Å²) in [6.07, 6.45) is 10.8. The van der Waals surface area contributed by atoms with E-state index in [1.807, 2.05) is 43.9 Å². The first-order valence-corrected chi connectivity index (χ1v) is 18.1. The molecule has 1 unspecified atom stereocenters. The molecule has 0 saturated heterocycles. The van der Waals surface area contributed by atoms with Crippen molar-refractivity contribution in [1.82, 2.24) is 20.3 Å². The number of carbonyl (C=O) groups excluding carboxylic acids is 2. The number of carbonyl (C=O) groups is 2. The second kappa shape index (κ2) is 15.7. The zero-order valence-electron chi connectivity index (χ0n) is 29.3. The van der Waals surface area contributed by atoms with E-state index in [0.29, 0.717) is 55.8 Å². The van der Waals surface area contributed by atoms with Gasteiger partial charge in [0.1, 0.15) is 29.6 Å². The zero-order chi connectivity index (χ0) is 34.5. The quantitative estimate of drug-likeness (QED) is 0.209. The van der Waals surface area contributed by atoms with Crippen molar-refractivity contribution in [2.75, 3.05) is 25.1 Å². The van der Waals surface area contributed by atoms with Crippen LogP contribution in [0.15, 0.2) is 41.1 Å². The van der Waals surface area contributed by atoms with Crippen molar-refractivity contribution in [3.63, 3.8) is 0 Å². The third-order valence-corrected chi connectivity index (χ3v) is 10.5. The van der Waals surface area contributed by atoms with Crippen molar-refractivity contribution in [2.45, 2.75) is 109 Å². The number of aromatic nitrogens is 3. The van der Waals surface area contributed by atoms with Crippen LogP contribution in [-0.4, -0.2) is 64.5 Å². The number of hydrogen-bond donors (Lipinski definition) is 2. The number of ether oxygens (including phenoxy) is 2. The molecule has 3 heterocycles. The van der Waals surface area contributed by atoms with Gasteiger partial charge in [-0.05, 0) is 107 Å². The molecule has 0 aliphatic heterocycles. The van der Waals surface area contributed by atoms with E-state index >= 15 is 0 Å². The molecule has 11 heteroatoms. The van der Waals surface area contributed by atoms with Crippen LogP contribution in [0.2, 0.25) is 0 Å². The van der Waals surface area contributed by atoms with E-state index in [9.17, 15) is 14.7 Å². The lowest BCUT2D eigenvalue weighted by atomic mass is 9.79. The Labute approximate surface area is 289 Å². The molecule has 2 N–H and O–H groups in total. The van der Waals surface area contributed by atoms with Crippen LogP contribution in [0.5, 0.6) is 5.75 Å². The van der Waals surface area contributed by atoms with Gasteiger partial charge in [0.15, 0.2) is 5.89 Å². The lowest BCUT2D eigenvalue weighted by molar-refractivity contribution is -0.124. The van der Waals surface area contributed by atoms with Gasteiger partial charge < -0.3 is 24.3 Å². The molecule has 3 aliphatic rings. The van der Waals surface area contributed by atoms with Crippen molar-refractivity contribution in [3.05, 3.63) is 54.0 Å². The summed E-state index contributed by atoms with van der Waals surface area (Å²) in [5.41, 5.74) is 3.67. The number of nitrogens with one attached hydrogen (secondary N) is 1. The van der Waals surface area contributed by atoms with Crippen LogP contribution in [0.1, 0.15) is 107 Å². The molecule has 3 aromatic rings. The molecule has 0 aromatic carbocycles. The molecular weight excluding hydrogens is 622 g/mol. The summed E-state index contributed by atoms with van der Waals surface area (Å²) in [5.74, 6) is 3.29. The fraction of sp³-hybridized carbons (Fsp3) is 0.605. The second-order valence-electron chi connectivity index (χ2n) is 14.5. The van der Waals surface area contributed by atoms with E-state index in [1.165, 1.54) is 0 Å². The number of anilines is 1. The molecule has 3 aromatic heterocycles. The minimum Gasteiger partial charge on any atom is -0.495 e. The van der Waals surface area contributed by atoms with Crippen molar-refractivity contribution >= 4 is 17.8 Å². The number of pyridine rings is 2. The van der Waals surface area contributed by atoms with Gasteiger partial charge in [0.2, 0.25) is 5.91 Å². The molecule has 264 valence electrons. The fourth-order valence-corrected chi connectivity index (χ4v) is 7.13. The largest absolute Gasteiger partial charge is 0.495 e. The maximum atomic E-state index is 14.4. The van der Waals surface area contributed by atoms with Crippen molar-refractivity contribution < 1.29 is 28.6 Å². The van der Waals surface area contributed by atoms with E-state index < -0.39 is 12.2 Å². The van der Waals surface area contributed by atoms with Crippen LogP contribution in [0, 0.1) is 24.7 Å². The summed E-state index contributed by atoms with van der Waals surface area (Å²) in [6.45, 7) is 6.53. The number of aliphatic hydroxyl groups is 1. The Morgan fingerprint density at radius 3 is 2.41 bits per heavy atom. The molecule has 49 heavy (non-hydrogen) atoms. The van der Waals surface area contributed by atoms with Gasteiger partial charge in [0, 0.05) is 48.3 Å². The van der Waals surface area contributed by atoms with Crippen molar-refractivity contribution in [2.24, 2.45) is 17.8 Å². The molecule has 11 nitrogen and oxygen atoms in total. The van der Waals surface area contributed by atoms with E-state index in [4.69, 9.17) is 28.8 Å². The maximum absolute atomic E-state index is 14.4. The van der Waals surface area contributed by atoms with E-state index in [2.05, 4.69) is 11.4 Å². The SMILES string of the molecule is COc1ccc(C2CCC(CN(C(=O)C3CCC(OC(=O)NCC(O)C(C)C)CC3)c3cc(-c4coc(C5CC5)n4)ccn3)CC2)nc1C. The Kier molecular flexibility index (Phi) is 11.2. The number of hydrogen-bond acceptors (Lipinski definition) is 9. The molecular formula is C38H51N5O6. The lowest BCUT2D eigenvalue weighted by Gasteiger charge is -2.35. The average molecular weight is 674 g/mol. The number of amides is 2. The van der Waals surface area contributed by atoms with E-state index in [1.54, 1.807) is 19.6 Å². The first kappa shape index (κ1) is 34.9. The number of nitrogens with zero attached hydrogens (tertiary/aromatic N) is 4. The average Bonchev–Trinajstić information content (AvgIpc) is 3.85.